The van der Waals surface area contributed by atoms with Gasteiger partial charge in [0.05, 0.1) is 16.9 Å². The molecule has 2 aromatic carbocycles. The molecule has 3 N–H and O–H groups in total. The molecule has 0 aliphatic heterocycles. The molecule has 0 fully saturated rings. The standard InChI is InChI=1S/C14H13N3O/c1-9-10-5-4-6-11(15)14(10)17(16-9)12-7-2-3-8-13(12)18/h2-8,18H,15H2,1H3. The SMILES string of the molecule is Cc1nn(-c2ccccc2O)c2c(N)cccc12. The number of rotatable bonds is 1. The lowest BCUT2D eigenvalue weighted by atomic mass is 10.2. The lowest BCUT2D eigenvalue weighted by molar-refractivity contribution is 0.471. The quantitative estimate of drug-likeness (QED) is 0.641. The van der Waals surface area contributed by atoms with Gasteiger partial charge in [0.1, 0.15) is 11.4 Å². The van der Waals surface area contributed by atoms with E-state index in [1.54, 1.807) is 16.8 Å². The van der Waals surface area contributed by atoms with Crippen LogP contribution in [0.5, 0.6) is 5.75 Å². The van der Waals surface area contributed by atoms with E-state index >= 15 is 0 Å². The summed E-state index contributed by atoms with van der Waals surface area (Å²) in [5, 5.41) is 15.4. The summed E-state index contributed by atoms with van der Waals surface area (Å²) >= 11 is 0. The van der Waals surface area contributed by atoms with Crippen LogP contribution in [0.25, 0.3) is 16.6 Å². The van der Waals surface area contributed by atoms with Crippen LogP contribution in [0.4, 0.5) is 5.69 Å². The molecule has 3 aromatic rings. The van der Waals surface area contributed by atoms with Crippen LogP contribution in [0, 0.1) is 6.92 Å². The molecule has 0 radical (unpaired) electrons. The number of para-hydroxylation sites is 3. The smallest absolute Gasteiger partial charge is 0.141 e. The molecule has 1 aromatic heterocycles. The molecule has 0 spiro atoms. The number of fused-ring (bicyclic) bond motifs is 1. The summed E-state index contributed by atoms with van der Waals surface area (Å²) in [4.78, 5) is 0. The number of nitrogen functional groups attached to an aromatic ring is 1. The summed E-state index contributed by atoms with van der Waals surface area (Å²) in [5.41, 5.74) is 9.02. The Balaban J connectivity index is 2.41. The first-order chi connectivity index (χ1) is 8.68. The predicted molar refractivity (Wildman–Crippen MR) is 71.9 cm³/mol. The van der Waals surface area contributed by atoms with Crippen molar-refractivity contribution in [3.05, 3.63) is 48.2 Å². The fourth-order valence-corrected chi connectivity index (χ4v) is 2.16. The molecule has 18 heavy (non-hydrogen) atoms. The molecule has 0 aliphatic rings. The predicted octanol–water partition coefficient (Wildman–Crippen LogP) is 2.62. The number of aromatic nitrogens is 2. The second-order valence-corrected chi connectivity index (χ2v) is 4.23. The third kappa shape index (κ3) is 1.43. The van der Waals surface area contributed by atoms with Crippen molar-refractivity contribution in [3.63, 3.8) is 0 Å². The van der Waals surface area contributed by atoms with E-state index in [0.29, 0.717) is 11.4 Å². The molecule has 0 aliphatic carbocycles. The Kier molecular flexibility index (Phi) is 2.23. The number of aryl methyl sites for hydroxylation is 1. The van der Waals surface area contributed by atoms with Crippen molar-refractivity contribution in [2.75, 3.05) is 5.73 Å². The molecule has 3 rings (SSSR count). The monoisotopic (exact) mass is 239 g/mol. The molecule has 0 amide bonds. The minimum atomic E-state index is 0.185. The highest BCUT2D eigenvalue weighted by molar-refractivity contribution is 5.93. The van der Waals surface area contributed by atoms with Gasteiger partial charge in [0.25, 0.3) is 0 Å². The Bertz CT molecular complexity index is 731. The van der Waals surface area contributed by atoms with Crippen molar-refractivity contribution in [1.82, 2.24) is 9.78 Å². The fourth-order valence-electron chi connectivity index (χ4n) is 2.16. The average molecular weight is 239 g/mol. The number of hydrogen-bond acceptors (Lipinski definition) is 3. The van der Waals surface area contributed by atoms with Crippen LogP contribution >= 0.6 is 0 Å². The Hall–Kier alpha value is -2.49. The third-order valence-electron chi connectivity index (χ3n) is 3.03. The van der Waals surface area contributed by atoms with E-state index in [2.05, 4.69) is 5.10 Å². The van der Waals surface area contributed by atoms with Crippen LogP contribution < -0.4 is 5.73 Å². The Morgan fingerprint density at radius 1 is 1.11 bits per heavy atom. The van der Waals surface area contributed by atoms with Gasteiger partial charge in [-0.15, -0.1) is 0 Å². The Morgan fingerprint density at radius 2 is 1.89 bits per heavy atom. The van der Waals surface area contributed by atoms with Gasteiger partial charge in [-0.3, -0.25) is 0 Å². The maximum Gasteiger partial charge on any atom is 0.141 e. The van der Waals surface area contributed by atoms with Gasteiger partial charge in [0.2, 0.25) is 0 Å². The van der Waals surface area contributed by atoms with E-state index in [1.807, 2.05) is 37.3 Å². The summed E-state index contributed by atoms with van der Waals surface area (Å²) in [7, 11) is 0. The summed E-state index contributed by atoms with van der Waals surface area (Å²) in [6.45, 7) is 1.93. The van der Waals surface area contributed by atoms with Crippen LogP contribution in [0.3, 0.4) is 0 Å². The average Bonchev–Trinajstić information content (AvgIpc) is 2.69. The topological polar surface area (TPSA) is 64.1 Å². The molecule has 0 unspecified atom stereocenters. The summed E-state index contributed by atoms with van der Waals surface area (Å²) in [6, 6.07) is 12.8. The van der Waals surface area contributed by atoms with Gasteiger partial charge in [0, 0.05) is 5.39 Å². The second kappa shape index (κ2) is 3.77. The van der Waals surface area contributed by atoms with Crippen molar-refractivity contribution >= 4 is 16.6 Å². The van der Waals surface area contributed by atoms with Crippen molar-refractivity contribution in [1.29, 1.82) is 0 Å². The second-order valence-electron chi connectivity index (χ2n) is 4.23. The maximum absolute atomic E-state index is 9.92. The first-order valence-corrected chi connectivity index (χ1v) is 5.70. The number of anilines is 1. The lowest BCUT2D eigenvalue weighted by Crippen LogP contribution is -1.99. The molecule has 0 saturated heterocycles. The highest BCUT2D eigenvalue weighted by Gasteiger charge is 2.13. The number of hydrogen-bond donors (Lipinski definition) is 2. The first-order valence-electron chi connectivity index (χ1n) is 5.70. The summed E-state index contributed by atoms with van der Waals surface area (Å²) in [5.74, 6) is 0.185. The van der Waals surface area contributed by atoms with Crippen molar-refractivity contribution in [2.24, 2.45) is 0 Å². The number of phenolic OH excluding ortho intramolecular Hbond substituents is 1. The minimum Gasteiger partial charge on any atom is -0.506 e. The zero-order valence-corrected chi connectivity index (χ0v) is 9.96. The maximum atomic E-state index is 9.92. The van der Waals surface area contributed by atoms with Crippen molar-refractivity contribution < 1.29 is 5.11 Å². The Morgan fingerprint density at radius 3 is 2.67 bits per heavy atom. The van der Waals surface area contributed by atoms with E-state index in [1.165, 1.54) is 0 Å². The number of nitrogens with two attached hydrogens (primary N) is 1. The van der Waals surface area contributed by atoms with Gasteiger partial charge in [-0.1, -0.05) is 24.3 Å². The van der Waals surface area contributed by atoms with E-state index in [0.717, 1.165) is 16.6 Å². The van der Waals surface area contributed by atoms with Gasteiger partial charge < -0.3 is 10.8 Å². The van der Waals surface area contributed by atoms with E-state index in [9.17, 15) is 5.11 Å². The number of benzene rings is 2. The normalized spacial score (nSPS) is 10.9. The lowest BCUT2D eigenvalue weighted by Gasteiger charge is -2.07. The highest BCUT2D eigenvalue weighted by Crippen LogP contribution is 2.29. The van der Waals surface area contributed by atoms with E-state index in [-0.39, 0.29) is 5.75 Å². The van der Waals surface area contributed by atoms with Crippen molar-refractivity contribution in [2.45, 2.75) is 6.92 Å². The van der Waals surface area contributed by atoms with Gasteiger partial charge in [-0.25, -0.2) is 4.68 Å². The summed E-state index contributed by atoms with van der Waals surface area (Å²) < 4.78 is 1.69. The minimum absolute atomic E-state index is 0.185. The van der Waals surface area contributed by atoms with Crippen LogP contribution in [0.1, 0.15) is 5.69 Å². The van der Waals surface area contributed by atoms with Gasteiger partial charge >= 0.3 is 0 Å². The van der Waals surface area contributed by atoms with Crippen LogP contribution in [0.2, 0.25) is 0 Å². The number of nitrogens with zero attached hydrogens (tertiary/aromatic N) is 2. The van der Waals surface area contributed by atoms with E-state index in [4.69, 9.17) is 5.73 Å². The van der Waals surface area contributed by atoms with Crippen molar-refractivity contribution in [3.8, 4) is 11.4 Å². The summed E-state index contributed by atoms with van der Waals surface area (Å²) in [6.07, 6.45) is 0. The third-order valence-corrected chi connectivity index (χ3v) is 3.03. The number of phenols is 1. The molecule has 4 heteroatoms. The zero-order chi connectivity index (χ0) is 12.7. The zero-order valence-electron chi connectivity index (χ0n) is 9.96. The largest absolute Gasteiger partial charge is 0.506 e. The van der Waals surface area contributed by atoms with Gasteiger partial charge in [-0.2, -0.15) is 5.10 Å². The van der Waals surface area contributed by atoms with Gasteiger partial charge in [-0.05, 0) is 25.1 Å². The molecule has 1 heterocycles. The Labute approximate surface area is 104 Å². The molecule has 0 atom stereocenters. The van der Waals surface area contributed by atoms with Crippen LogP contribution in [-0.2, 0) is 0 Å². The van der Waals surface area contributed by atoms with E-state index < -0.39 is 0 Å². The highest BCUT2D eigenvalue weighted by atomic mass is 16.3. The first kappa shape index (κ1) is 10.7. The molecule has 0 bridgehead atoms. The van der Waals surface area contributed by atoms with Crippen LogP contribution in [0.15, 0.2) is 42.5 Å². The molecule has 0 saturated carbocycles. The van der Waals surface area contributed by atoms with Gasteiger partial charge in [0.15, 0.2) is 0 Å². The molecular formula is C14H13N3O. The number of aromatic hydroxyl groups is 1. The fraction of sp³-hybridized carbons (Fsp3) is 0.0714. The molecular weight excluding hydrogens is 226 g/mol. The molecule has 90 valence electrons. The van der Waals surface area contributed by atoms with Crippen LogP contribution in [-0.4, -0.2) is 14.9 Å². The molecule has 4 nitrogen and oxygen atoms in total.